The summed E-state index contributed by atoms with van der Waals surface area (Å²) in [7, 11) is -2.76. The number of piperidine rings is 1. The molecule has 0 aliphatic carbocycles. The molecule has 0 amide bonds. The van der Waals surface area contributed by atoms with E-state index in [1.165, 1.54) is 37.9 Å². The molecule has 2 aliphatic rings. The van der Waals surface area contributed by atoms with Crippen molar-refractivity contribution < 1.29 is 8.42 Å². The maximum absolute atomic E-state index is 11.5. The second kappa shape index (κ2) is 8.41. The summed E-state index contributed by atoms with van der Waals surface area (Å²) in [4.78, 5) is 9.03. The number of nitrogens with zero attached hydrogens (tertiary/aromatic N) is 3. The molecular formula is C18H29N3O2S. The molecule has 0 saturated carbocycles. The number of pyridine rings is 1. The molecule has 2 fully saturated rings. The van der Waals surface area contributed by atoms with Gasteiger partial charge in [-0.05, 0) is 56.3 Å². The van der Waals surface area contributed by atoms with Crippen LogP contribution in [0.25, 0.3) is 0 Å². The Morgan fingerprint density at radius 1 is 1.04 bits per heavy atom. The van der Waals surface area contributed by atoms with Crippen molar-refractivity contribution in [3.8, 4) is 0 Å². The second-order valence-corrected chi connectivity index (χ2v) is 9.48. The van der Waals surface area contributed by atoms with Crippen molar-refractivity contribution in [1.29, 1.82) is 0 Å². The molecule has 0 aromatic carbocycles. The van der Waals surface area contributed by atoms with Crippen LogP contribution < -0.4 is 0 Å². The molecule has 0 atom stereocenters. The highest BCUT2D eigenvalue weighted by Crippen LogP contribution is 2.22. The topological polar surface area (TPSA) is 53.5 Å². The predicted molar refractivity (Wildman–Crippen MR) is 96.8 cm³/mol. The van der Waals surface area contributed by atoms with Crippen LogP contribution in [0.5, 0.6) is 0 Å². The van der Waals surface area contributed by atoms with Gasteiger partial charge in [-0.1, -0.05) is 6.07 Å². The zero-order chi connectivity index (χ0) is 16.8. The lowest BCUT2D eigenvalue weighted by Gasteiger charge is -2.34. The van der Waals surface area contributed by atoms with Crippen LogP contribution in [0.1, 0.15) is 24.8 Å². The van der Waals surface area contributed by atoms with Crippen LogP contribution in [0.4, 0.5) is 0 Å². The Hall–Kier alpha value is -0.980. The molecule has 24 heavy (non-hydrogen) atoms. The summed E-state index contributed by atoms with van der Waals surface area (Å²) in [5.41, 5.74) is 1.35. The molecular weight excluding hydrogens is 322 g/mol. The molecule has 3 rings (SSSR count). The van der Waals surface area contributed by atoms with E-state index in [0.717, 1.165) is 25.4 Å². The van der Waals surface area contributed by atoms with Gasteiger partial charge in [-0.3, -0.25) is 4.98 Å². The Kier molecular flexibility index (Phi) is 6.25. The minimum atomic E-state index is -2.76. The molecule has 2 aliphatic heterocycles. The highest BCUT2D eigenvalue weighted by Gasteiger charge is 2.23. The summed E-state index contributed by atoms with van der Waals surface area (Å²) in [6, 6.07) is 4.19. The van der Waals surface area contributed by atoms with Crippen LogP contribution >= 0.6 is 0 Å². The minimum Gasteiger partial charge on any atom is -0.302 e. The highest BCUT2D eigenvalue weighted by molar-refractivity contribution is 7.91. The first-order chi connectivity index (χ1) is 11.6. The van der Waals surface area contributed by atoms with Crippen LogP contribution in [0.2, 0.25) is 0 Å². The number of aromatic nitrogens is 1. The lowest BCUT2D eigenvalue weighted by molar-refractivity contribution is 0.155. The minimum absolute atomic E-state index is 0.337. The lowest BCUT2D eigenvalue weighted by atomic mass is 9.91. The van der Waals surface area contributed by atoms with Gasteiger partial charge < -0.3 is 9.80 Å². The molecule has 134 valence electrons. The number of aryl methyl sites for hydroxylation is 1. The molecule has 3 heterocycles. The SMILES string of the molecule is O=S1(=O)CCN(CCN2CCC(CCc3cccnc3)CC2)CC1. The van der Waals surface area contributed by atoms with E-state index in [1.807, 2.05) is 18.5 Å². The van der Waals surface area contributed by atoms with E-state index in [4.69, 9.17) is 0 Å². The summed E-state index contributed by atoms with van der Waals surface area (Å²) in [6.45, 7) is 5.88. The average Bonchev–Trinajstić information content (AvgIpc) is 2.61. The van der Waals surface area contributed by atoms with E-state index in [0.29, 0.717) is 24.6 Å². The van der Waals surface area contributed by atoms with E-state index in [1.54, 1.807) is 0 Å². The van der Waals surface area contributed by atoms with Crippen molar-refractivity contribution in [2.75, 3.05) is 50.8 Å². The van der Waals surface area contributed by atoms with Crippen molar-refractivity contribution in [3.05, 3.63) is 30.1 Å². The third kappa shape index (κ3) is 5.53. The molecule has 6 heteroatoms. The van der Waals surface area contributed by atoms with Crippen LogP contribution in [0.15, 0.2) is 24.5 Å². The molecule has 5 nitrogen and oxygen atoms in total. The molecule has 0 N–H and O–H groups in total. The van der Waals surface area contributed by atoms with Crippen LogP contribution in [0.3, 0.4) is 0 Å². The van der Waals surface area contributed by atoms with Gasteiger partial charge in [-0.15, -0.1) is 0 Å². The van der Waals surface area contributed by atoms with Crippen molar-refractivity contribution in [2.45, 2.75) is 25.7 Å². The quantitative estimate of drug-likeness (QED) is 0.777. The maximum atomic E-state index is 11.5. The van der Waals surface area contributed by atoms with E-state index < -0.39 is 9.84 Å². The molecule has 0 spiro atoms. The van der Waals surface area contributed by atoms with Crippen molar-refractivity contribution >= 4 is 9.84 Å². The summed E-state index contributed by atoms with van der Waals surface area (Å²) >= 11 is 0. The molecule has 2 saturated heterocycles. The normalized spacial score (nSPS) is 23.3. The number of hydrogen-bond donors (Lipinski definition) is 0. The van der Waals surface area contributed by atoms with Gasteiger partial charge in [0.15, 0.2) is 9.84 Å². The first-order valence-electron chi connectivity index (χ1n) is 9.15. The Balaban J connectivity index is 1.31. The zero-order valence-electron chi connectivity index (χ0n) is 14.4. The van der Waals surface area contributed by atoms with Crippen molar-refractivity contribution in [2.24, 2.45) is 5.92 Å². The third-order valence-corrected chi connectivity index (χ3v) is 7.05. The van der Waals surface area contributed by atoms with E-state index in [9.17, 15) is 8.42 Å². The number of likely N-dealkylation sites (tertiary alicyclic amines) is 1. The fourth-order valence-corrected chi connectivity index (χ4v) is 4.95. The molecule has 0 unspecified atom stereocenters. The van der Waals surface area contributed by atoms with E-state index in [-0.39, 0.29) is 0 Å². The molecule has 1 aromatic heterocycles. The maximum Gasteiger partial charge on any atom is 0.152 e. The Morgan fingerprint density at radius 2 is 1.71 bits per heavy atom. The number of sulfone groups is 1. The third-order valence-electron chi connectivity index (χ3n) is 5.44. The van der Waals surface area contributed by atoms with Crippen molar-refractivity contribution in [1.82, 2.24) is 14.8 Å². The highest BCUT2D eigenvalue weighted by atomic mass is 32.2. The van der Waals surface area contributed by atoms with Crippen molar-refractivity contribution in [3.63, 3.8) is 0 Å². The zero-order valence-corrected chi connectivity index (χ0v) is 15.3. The van der Waals surface area contributed by atoms with E-state index in [2.05, 4.69) is 20.9 Å². The van der Waals surface area contributed by atoms with Gasteiger partial charge in [-0.25, -0.2) is 8.42 Å². The fraction of sp³-hybridized carbons (Fsp3) is 0.722. The second-order valence-electron chi connectivity index (χ2n) is 7.18. The van der Waals surface area contributed by atoms with Gasteiger partial charge in [0.2, 0.25) is 0 Å². The van der Waals surface area contributed by atoms with Gasteiger partial charge in [0, 0.05) is 38.6 Å². The lowest BCUT2D eigenvalue weighted by Crippen LogP contribution is -2.45. The smallest absolute Gasteiger partial charge is 0.152 e. The summed E-state index contributed by atoms with van der Waals surface area (Å²) < 4.78 is 22.9. The van der Waals surface area contributed by atoms with Crippen LogP contribution in [-0.2, 0) is 16.3 Å². The monoisotopic (exact) mass is 351 g/mol. The van der Waals surface area contributed by atoms with Gasteiger partial charge >= 0.3 is 0 Å². The van der Waals surface area contributed by atoms with Crippen LogP contribution in [0, 0.1) is 5.92 Å². The Labute approximate surface area is 146 Å². The largest absolute Gasteiger partial charge is 0.302 e. The van der Waals surface area contributed by atoms with Gasteiger partial charge in [0.05, 0.1) is 11.5 Å². The standard InChI is InChI=1S/C18H29N3O2S/c22-24(23)14-12-21(13-15-24)11-10-20-8-5-17(6-9-20)3-4-18-2-1-7-19-16-18/h1-2,7,16-17H,3-6,8-15H2. The number of rotatable bonds is 6. The summed E-state index contributed by atoms with van der Waals surface area (Å²) in [5, 5.41) is 0. The first-order valence-corrected chi connectivity index (χ1v) is 11.0. The Bertz CT molecular complexity index is 584. The summed E-state index contributed by atoms with van der Waals surface area (Å²) in [5.74, 6) is 1.51. The fourth-order valence-electron chi connectivity index (χ4n) is 3.67. The summed E-state index contributed by atoms with van der Waals surface area (Å²) in [6.07, 6.45) is 8.79. The predicted octanol–water partition coefficient (Wildman–Crippen LogP) is 1.46. The average molecular weight is 352 g/mol. The number of hydrogen-bond acceptors (Lipinski definition) is 5. The molecule has 0 bridgehead atoms. The molecule has 1 aromatic rings. The van der Waals surface area contributed by atoms with Gasteiger partial charge in [0.1, 0.15) is 0 Å². The van der Waals surface area contributed by atoms with Gasteiger partial charge in [0.25, 0.3) is 0 Å². The van der Waals surface area contributed by atoms with Gasteiger partial charge in [-0.2, -0.15) is 0 Å². The van der Waals surface area contributed by atoms with Crippen LogP contribution in [-0.4, -0.2) is 74.0 Å². The molecule has 0 radical (unpaired) electrons. The Morgan fingerprint density at radius 3 is 2.33 bits per heavy atom. The van der Waals surface area contributed by atoms with E-state index >= 15 is 0 Å². The first kappa shape index (κ1) is 17.8.